The van der Waals surface area contributed by atoms with E-state index in [9.17, 15) is 15.2 Å². The summed E-state index contributed by atoms with van der Waals surface area (Å²) < 4.78 is 5.32. The number of rotatable bonds is 6. The number of aliphatic hydroxyl groups is 1. The first-order valence-electron chi connectivity index (χ1n) is 8.82. The first-order valence-corrected chi connectivity index (χ1v) is 8.82. The number of nitrogens with zero attached hydrogens (tertiary/aromatic N) is 4. The fraction of sp³-hybridized carbons (Fsp3) is 0.647. The highest BCUT2D eigenvalue weighted by Gasteiger charge is 2.25. The van der Waals surface area contributed by atoms with Crippen LogP contribution in [0.25, 0.3) is 0 Å². The van der Waals surface area contributed by atoms with E-state index in [1.165, 1.54) is 0 Å². The van der Waals surface area contributed by atoms with Crippen LogP contribution < -0.4 is 4.90 Å². The quantitative estimate of drug-likeness (QED) is 0.588. The van der Waals surface area contributed by atoms with Gasteiger partial charge < -0.3 is 14.7 Å². The van der Waals surface area contributed by atoms with Gasteiger partial charge in [-0.05, 0) is 6.07 Å². The highest BCUT2D eigenvalue weighted by atomic mass is 16.6. The van der Waals surface area contributed by atoms with Gasteiger partial charge in [-0.3, -0.25) is 19.9 Å². The number of morpholine rings is 1. The number of nitro groups is 1. The molecular weight excluding hydrogens is 324 g/mol. The van der Waals surface area contributed by atoms with Crippen molar-refractivity contribution in [1.82, 2.24) is 9.80 Å². The number of hydrogen-bond acceptors (Lipinski definition) is 7. The van der Waals surface area contributed by atoms with Gasteiger partial charge in [-0.15, -0.1) is 0 Å². The fourth-order valence-corrected chi connectivity index (χ4v) is 3.49. The van der Waals surface area contributed by atoms with Gasteiger partial charge in [-0.2, -0.15) is 0 Å². The molecule has 1 aromatic carbocycles. The Balaban J connectivity index is 1.48. The van der Waals surface area contributed by atoms with Gasteiger partial charge in [0.1, 0.15) is 5.69 Å². The summed E-state index contributed by atoms with van der Waals surface area (Å²) in [6.07, 6.45) is -0.379. The number of hydrogen-bond donors (Lipinski definition) is 1. The predicted molar refractivity (Wildman–Crippen MR) is 95.0 cm³/mol. The van der Waals surface area contributed by atoms with Gasteiger partial charge in [0.2, 0.25) is 0 Å². The van der Waals surface area contributed by atoms with E-state index < -0.39 is 0 Å². The zero-order valence-corrected chi connectivity index (χ0v) is 14.4. The SMILES string of the molecule is O=[N+]([O-])c1ccccc1N1CCN(CC(O)CN2CCOCC2)CC1. The van der Waals surface area contributed by atoms with Gasteiger partial charge >= 0.3 is 0 Å². The van der Waals surface area contributed by atoms with Crippen LogP contribution in [0.5, 0.6) is 0 Å². The molecule has 1 N–H and O–H groups in total. The molecule has 0 aromatic heterocycles. The summed E-state index contributed by atoms with van der Waals surface area (Å²) in [5, 5.41) is 21.5. The second kappa shape index (κ2) is 8.57. The van der Waals surface area contributed by atoms with Crippen molar-refractivity contribution in [1.29, 1.82) is 0 Å². The Labute approximate surface area is 147 Å². The van der Waals surface area contributed by atoms with E-state index in [4.69, 9.17) is 4.74 Å². The van der Waals surface area contributed by atoms with Crippen LogP contribution in [0.1, 0.15) is 0 Å². The Bertz CT molecular complexity index is 572. The molecule has 0 radical (unpaired) electrons. The average molecular weight is 350 g/mol. The Morgan fingerprint density at radius 2 is 1.64 bits per heavy atom. The summed E-state index contributed by atoms with van der Waals surface area (Å²) in [6.45, 7) is 7.60. The van der Waals surface area contributed by atoms with Crippen LogP contribution in [0.15, 0.2) is 24.3 Å². The van der Waals surface area contributed by atoms with Crippen LogP contribution in [-0.2, 0) is 4.74 Å². The van der Waals surface area contributed by atoms with E-state index >= 15 is 0 Å². The lowest BCUT2D eigenvalue weighted by Gasteiger charge is -2.37. The smallest absolute Gasteiger partial charge is 0.292 e. The van der Waals surface area contributed by atoms with Crippen LogP contribution in [0, 0.1) is 10.1 Å². The number of aliphatic hydroxyl groups excluding tert-OH is 1. The lowest BCUT2D eigenvalue weighted by atomic mass is 10.2. The number of para-hydroxylation sites is 2. The lowest BCUT2D eigenvalue weighted by Crippen LogP contribution is -2.51. The molecular formula is C17H26N4O4. The van der Waals surface area contributed by atoms with Crippen LogP contribution in [0.3, 0.4) is 0 Å². The number of piperazine rings is 1. The van der Waals surface area contributed by atoms with Gasteiger partial charge in [0, 0.05) is 58.4 Å². The van der Waals surface area contributed by atoms with Gasteiger partial charge in [-0.1, -0.05) is 12.1 Å². The molecule has 1 unspecified atom stereocenters. The topological polar surface area (TPSA) is 82.3 Å². The Hall–Kier alpha value is -1.74. The molecule has 2 heterocycles. The molecule has 0 bridgehead atoms. The zero-order chi connectivity index (χ0) is 17.6. The third-order valence-corrected chi connectivity index (χ3v) is 4.83. The first kappa shape index (κ1) is 18.1. The second-order valence-electron chi connectivity index (χ2n) is 6.60. The number of ether oxygens (including phenoxy) is 1. The summed E-state index contributed by atoms with van der Waals surface area (Å²) in [5.41, 5.74) is 0.837. The Morgan fingerprint density at radius 3 is 2.28 bits per heavy atom. The highest BCUT2D eigenvalue weighted by molar-refractivity contribution is 5.63. The molecule has 8 nitrogen and oxygen atoms in total. The van der Waals surface area contributed by atoms with Crippen molar-refractivity contribution < 1.29 is 14.8 Å². The van der Waals surface area contributed by atoms with Crippen molar-refractivity contribution in [2.24, 2.45) is 0 Å². The average Bonchev–Trinajstić information content (AvgIpc) is 2.63. The standard InChI is InChI=1S/C17H26N4O4/c22-15(14-19-9-11-25-12-10-19)13-18-5-7-20(8-6-18)16-3-1-2-4-17(16)21(23)24/h1-4,15,22H,5-14H2. The number of benzene rings is 1. The van der Waals surface area contributed by atoms with Gasteiger partial charge in [0.25, 0.3) is 5.69 Å². The van der Waals surface area contributed by atoms with E-state index in [-0.39, 0.29) is 16.7 Å². The maximum Gasteiger partial charge on any atom is 0.292 e. The van der Waals surface area contributed by atoms with E-state index in [0.717, 1.165) is 52.5 Å². The van der Waals surface area contributed by atoms with E-state index in [1.807, 2.05) is 6.07 Å². The first-order chi connectivity index (χ1) is 12.1. The normalized spacial score (nSPS) is 21.2. The summed E-state index contributed by atoms with van der Waals surface area (Å²) in [6, 6.07) is 6.88. The summed E-state index contributed by atoms with van der Waals surface area (Å²) in [4.78, 5) is 17.4. The van der Waals surface area contributed by atoms with E-state index in [0.29, 0.717) is 18.8 Å². The molecule has 8 heteroatoms. The van der Waals surface area contributed by atoms with Crippen LogP contribution >= 0.6 is 0 Å². The molecule has 138 valence electrons. The van der Waals surface area contributed by atoms with E-state index in [2.05, 4.69) is 14.7 Å². The maximum absolute atomic E-state index is 11.2. The summed E-state index contributed by atoms with van der Waals surface area (Å²) in [5.74, 6) is 0. The van der Waals surface area contributed by atoms with Crippen molar-refractivity contribution in [3.63, 3.8) is 0 Å². The zero-order valence-electron chi connectivity index (χ0n) is 14.4. The third kappa shape index (κ3) is 4.88. The van der Waals surface area contributed by atoms with Gasteiger partial charge in [0.05, 0.1) is 24.2 Å². The summed E-state index contributed by atoms with van der Waals surface area (Å²) >= 11 is 0. The molecule has 0 saturated carbocycles. The van der Waals surface area contributed by atoms with Crippen molar-refractivity contribution in [2.75, 3.05) is 70.5 Å². The molecule has 2 aliphatic heterocycles. The Morgan fingerprint density at radius 1 is 1.04 bits per heavy atom. The Kier molecular flexibility index (Phi) is 6.19. The molecule has 0 amide bonds. The molecule has 2 aliphatic rings. The highest BCUT2D eigenvalue weighted by Crippen LogP contribution is 2.28. The van der Waals surface area contributed by atoms with Crippen molar-refractivity contribution in [2.45, 2.75) is 6.10 Å². The minimum atomic E-state index is -0.379. The van der Waals surface area contributed by atoms with Crippen LogP contribution in [0.4, 0.5) is 11.4 Å². The van der Waals surface area contributed by atoms with Crippen molar-refractivity contribution in [3.05, 3.63) is 34.4 Å². The third-order valence-electron chi connectivity index (χ3n) is 4.83. The second-order valence-corrected chi connectivity index (χ2v) is 6.60. The molecule has 3 rings (SSSR count). The van der Waals surface area contributed by atoms with Gasteiger partial charge in [-0.25, -0.2) is 0 Å². The molecule has 0 spiro atoms. The van der Waals surface area contributed by atoms with Crippen LogP contribution in [0.2, 0.25) is 0 Å². The molecule has 2 saturated heterocycles. The molecule has 0 aliphatic carbocycles. The maximum atomic E-state index is 11.2. The molecule has 1 atom stereocenters. The lowest BCUT2D eigenvalue weighted by molar-refractivity contribution is -0.384. The van der Waals surface area contributed by atoms with Crippen LogP contribution in [-0.4, -0.2) is 91.5 Å². The predicted octanol–water partition coefficient (Wildman–Crippen LogP) is 0.410. The largest absolute Gasteiger partial charge is 0.390 e. The molecule has 25 heavy (non-hydrogen) atoms. The number of anilines is 1. The summed E-state index contributed by atoms with van der Waals surface area (Å²) in [7, 11) is 0. The number of nitro benzene ring substituents is 1. The number of β-amino-alcohol motifs (C(OH)–C–C–N with tert-alkyl or cyclic N) is 1. The minimum Gasteiger partial charge on any atom is -0.390 e. The van der Waals surface area contributed by atoms with Crippen molar-refractivity contribution in [3.8, 4) is 0 Å². The minimum absolute atomic E-state index is 0.156. The molecule has 2 fully saturated rings. The van der Waals surface area contributed by atoms with Gasteiger partial charge in [0.15, 0.2) is 0 Å². The fourth-order valence-electron chi connectivity index (χ4n) is 3.49. The van der Waals surface area contributed by atoms with Crippen molar-refractivity contribution >= 4 is 11.4 Å². The molecule has 1 aromatic rings. The monoisotopic (exact) mass is 350 g/mol. The van der Waals surface area contributed by atoms with E-state index in [1.54, 1.807) is 18.2 Å².